The summed E-state index contributed by atoms with van der Waals surface area (Å²) in [4.78, 5) is 24.6. The number of hydrogen-bond acceptors (Lipinski definition) is 3. The number of hydrogen-bond donors (Lipinski definition) is 1. The van der Waals surface area contributed by atoms with Gasteiger partial charge in [0.05, 0.1) is 10.7 Å². The first-order valence-corrected chi connectivity index (χ1v) is 7.82. The Balaban J connectivity index is 1.77. The van der Waals surface area contributed by atoms with Crippen molar-refractivity contribution in [2.24, 2.45) is 5.41 Å². The Morgan fingerprint density at radius 1 is 1.05 bits per heavy atom. The molecule has 1 aromatic carbocycles. The number of hydrazine groups is 1. The highest BCUT2D eigenvalue weighted by molar-refractivity contribution is 6.36. The molecule has 2 aliphatic rings. The van der Waals surface area contributed by atoms with Crippen LogP contribution in [0.4, 0.5) is 5.69 Å². The minimum atomic E-state index is -0.181. The summed E-state index contributed by atoms with van der Waals surface area (Å²) in [6.07, 6.45) is 5.02. The summed E-state index contributed by atoms with van der Waals surface area (Å²) in [5.41, 5.74) is 3.23. The smallest absolute Gasteiger partial charge is 0.248 e. The van der Waals surface area contributed by atoms with E-state index in [1.807, 2.05) is 0 Å². The summed E-state index contributed by atoms with van der Waals surface area (Å²) in [7, 11) is 0. The minimum Gasteiger partial charge on any atom is -0.287 e. The van der Waals surface area contributed by atoms with Crippen molar-refractivity contribution in [3.8, 4) is 0 Å². The molecule has 112 valence electrons. The molecule has 0 atom stereocenters. The van der Waals surface area contributed by atoms with Gasteiger partial charge in [0.2, 0.25) is 11.8 Å². The zero-order valence-corrected chi connectivity index (χ0v) is 13.0. The Morgan fingerprint density at radius 2 is 1.67 bits per heavy atom. The molecule has 2 fully saturated rings. The molecule has 1 spiro atoms. The monoisotopic (exact) mass is 326 g/mol. The fourth-order valence-electron chi connectivity index (χ4n) is 3.31. The summed E-state index contributed by atoms with van der Waals surface area (Å²) in [6.45, 7) is 0. The van der Waals surface area contributed by atoms with E-state index >= 15 is 0 Å². The summed E-state index contributed by atoms with van der Waals surface area (Å²) < 4.78 is 0. The molecule has 1 heterocycles. The number of rotatable bonds is 2. The van der Waals surface area contributed by atoms with Gasteiger partial charge in [0.1, 0.15) is 0 Å². The van der Waals surface area contributed by atoms with Crippen LogP contribution in [0.3, 0.4) is 0 Å². The van der Waals surface area contributed by atoms with E-state index in [9.17, 15) is 9.59 Å². The van der Waals surface area contributed by atoms with Crippen LogP contribution in [0.25, 0.3) is 0 Å². The lowest BCUT2D eigenvalue weighted by Crippen LogP contribution is -2.49. The van der Waals surface area contributed by atoms with Crippen LogP contribution in [0.1, 0.15) is 38.5 Å². The Hall–Kier alpha value is -1.26. The van der Waals surface area contributed by atoms with Crippen molar-refractivity contribution in [3.05, 3.63) is 28.2 Å². The maximum absolute atomic E-state index is 12.3. The second kappa shape index (κ2) is 5.50. The molecular weight excluding hydrogens is 311 g/mol. The second-order valence-corrected chi connectivity index (χ2v) is 6.76. The van der Waals surface area contributed by atoms with Crippen molar-refractivity contribution >= 4 is 40.7 Å². The molecule has 2 amide bonds. The molecule has 0 radical (unpaired) electrons. The lowest BCUT2D eigenvalue weighted by molar-refractivity contribution is -0.151. The van der Waals surface area contributed by atoms with Crippen LogP contribution in [-0.4, -0.2) is 16.8 Å². The predicted molar refractivity (Wildman–Crippen MR) is 82.1 cm³/mol. The highest BCUT2D eigenvalue weighted by Gasteiger charge is 2.45. The van der Waals surface area contributed by atoms with Crippen LogP contribution in [0.5, 0.6) is 0 Å². The maximum Gasteiger partial charge on any atom is 0.248 e. The third kappa shape index (κ3) is 2.87. The van der Waals surface area contributed by atoms with E-state index in [0.29, 0.717) is 28.6 Å². The van der Waals surface area contributed by atoms with Gasteiger partial charge in [0.15, 0.2) is 0 Å². The van der Waals surface area contributed by atoms with Gasteiger partial charge in [-0.3, -0.25) is 15.0 Å². The zero-order chi connectivity index (χ0) is 15.0. The number of carbonyl (C=O) groups excluding carboxylic acids is 2. The van der Waals surface area contributed by atoms with Gasteiger partial charge in [-0.15, -0.1) is 0 Å². The van der Waals surface area contributed by atoms with Gasteiger partial charge in [0.25, 0.3) is 0 Å². The Kier molecular flexibility index (Phi) is 3.84. The van der Waals surface area contributed by atoms with E-state index in [2.05, 4.69) is 5.43 Å². The summed E-state index contributed by atoms with van der Waals surface area (Å²) in [6, 6.07) is 4.89. The third-order valence-corrected chi connectivity index (χ3v) is 4.93. The molecule has 6 heteroatoms. The van der Waals surface area contributed by atoms with E-state index in [4.69, 9.17) is 23.2 Å². The van der Waals surface area contributed by atoms with Crippen LogP contribution >= 0.6 is 23.2 Å². The van der Waals surface area contributed by atoms with Crippen LogP contribution in [0.15, 0.2) is 18.2 Å². The number of halogens is 2. The van der Waals surface area contributed by atoms with Gasteiger partial charge < -0.3 is 0 Å². The van der Waals surface area contributed by atoms with Crippen LogP contribution < -0.4 is 5.43 Å². The average molecular weight is 327 g/mol. The highest BCUT2D eigenvalue weighted by atomic mass is 35.5. The van der Waals surface area contributed by atoms with Crippen LogP contribution in [-0.2, 0) is 9.59 Å². The molecule has 0 unspecified atom stereocenters. The molecule has 1 aliphatic carbocycles. The summed E-state index contributed by atoms with van der Waals surface area (Å²) in [5, 5.41) is 1.98. The fraction of sp³-hybridized carbons (Fsp3) is 0.467. The molecule has 1 aliphatic heterocycles. The van der Waals surface area contributed by atoms with Crippen LogP contribution in [0, 0.1) is 5.41 Å². The number of nitrogens with one attached hydrogen (secondary N) is 1. The number of piperidine rings is 1. The number of nitrogens with zero attached hydrogens (tertiary/aromatic N) is 1. The fourth-order valence-corrected chi connectivity index (χ4v) is 3.76. The number of amides is 2. The molecule has 1 N–H and O–H groups in total. The van der Waals surface area contributed by atoms with Crippen molar-refractivity contribution in [3.63, 3.8) is 0 Å². The SMILES string of the molecule is O=C1CC2(CCCC2)CC(=O)N1Nc1ccc(Cl)cc1Cl. The van der Waals surface area contributed by atoms with Gasteiger partial charge in [-0.25, -0.2) is 0 Å². The van der Waals surface area contributed by atoms with Crippen molar-refractivity contribution in [2.45, 2.75) is 38.5 Å². The molecule has 0 aromatic heterocycles. The topological polar surface area (TPSA) is 49.4 Å². The predicted octanol–water partition coefficient (Wildman–Crippen LogP) is 4.03. The number of imide groups is 1. The standard InChI is InChI=1S/C15H16Cl2N2O2/c16-10-3-4-12(11(17)7-10)18-19-13(20)8-15(9-14(19)21)5-1-2-6-15/h3-4,7,18H,1-2,5-6,8-9H2. The highest BCUT2D eigenvalue weighted by Crippen LogP contribution is 2.47. The minimum absolute atomic E-state index is 0.101. The van der Waals surface area contributed by atoms with Crippen molar-refractivity contribution in [2.75, 3.05) is 5.43 Å². The lowest BCUT2D eigenvalue weighted by atomic mass is 9.77. The van der Waals surface area contributed by atoms with Crippen molar-refractivity contribution in [1.29, 1.82) is 0 Å². The van der Waals surface area contributed by atoms with Gasteiger partial charge in [-0.1, -0.05) is 36.0 Å². The molecule has 1 aromatic rings. The molecule has 3 rings (SSSR count). The lowest BCUT2D eigenvalue weighted by Gasteiger charge is -2.37. The molecule has 21 heavy (non-hydrogen) atoms. The molecular formula is C15H16Cl2N2O2. The van der Waals surface area contributed by atoms with Crippen molar-refractivity contribution < 1.29 is 9.59 Å². The number of benzene rings is 1. The maximum atomic E-state index is 12.3. The van der Waals surface area contributed by atoms with E-state index in [0.717, 1.165) is 30.7 Å². The molecule has 1 saturated carbocycles. The third-order valence-electron chi connectivity index (χ3n) is 4.38. The summed E-state index contributed by atoms with van der Waals surface area (Å²) in [5.74, 6) is -0.363. The van der Waals surface area contributed by atoms with E-state index in [-0.39, 0.29) is 17.2 Å². The Bertz CT molecular complexity index is 577. The number of anilines is 1. The number of carbonyl (C=O) groups is 2. The zero-order valence-electron chi connectivity index (χ0n) is 11.5. The van der Waals surface area contributed by atoms with Crippen LogP contribution in [0.2, 0.25) is 10.0 Å². The first-order chi connectivity index (χ1) is 9.99. The first-order valence-electron chi connectivity index (χ1n) is 7.07. The second-order valence-electron chi connectivity index (χ2n) is 5.92. The summed E-state index contributed by atoms with van der Waals surface area (Å²) >= 11 is 11.9. The van der Waals surface area contributed by atoms with E-state index < -0.39 is 0 Å². The molecule has 1 saturated heterocycles. The average Bonchev–Trinajstić information content (AvgIpc) is 2.84. The molecule has 4 nitrogen and oxygen atoms in total. The van der Waals surface area contributed by atoms with E-state index in [1.54, 1.807) is 18.2 Å². The normalized spacial score (nSPS) is 21.1. The Morgan fingerprint density at radius 3 is 2.24 bits per heavy atom. The van der Waals surface area contributed by atoms with Gasteiger partial charge in [0, 0.05) is 17.9 Å². The van der Waals surface area contributed by atoms with E-state index in [1.165, 1.54) is 0 Å². The van der Waals surface area contributed by atoms with Gasteiger partial charge in [-0.2, -0.15) is 5.01 Å². The quantitative estimate of drug-likeness (QED) is 0.835. The van der Waals surface area contributed by atoms with Crippen molar-refractivity contribution in [1.82, 2.24) is 5.01 Å². The first kappa shape index (κ1) is 14.7. The van der Waals surface area contributed by atoms with Gasteiger partial charge >= 0.3 is 0 Å². The largest absolute Gasteiger partial charge is 0.287 e. The Labute approximate surface area is 133 Å². The van der Waals surface area contributed by atoms with Gasteiger partial charge in [-0.05, 0) is 36.5 Å². The molecule has 0 bridgehead atoms.